The summed E-state index contributed by atoms with van der Waals surface area (Å²) in [6.07, 6.45) is 6.35. The van der Waals surface area contributed by atoms with E-state index < -0.39 is 5.97 Å². The largest absolute Gasteiger partial charge is 0.477 e. The van der Waals surface area contributed by atoms with Crippen molar-refractivity contribution in [2.45, 2.75) is 70.4 Å². The van der Waals surface area contributed by atoms with E-state index in [9.17, 15) is 19.6 Å². The summed E-state index contributed by atoms with van der Waals surface area (Å²) in [5.74, 6) is -0.415. The lowest BCUT2D eigenvalue weighted by atomic mass is 9.81. The van der Waals surface area contributed by atoms with Crippen LogP contribution in [0, 0.1) is 16.7 Å². The lowest BCUT2D eigenvalue weighted by Crippen LogP contribution is -2.46. The fraction of sp³-hybridized carbons (Fsp3) is 0.520. The van der Waals surface area contributed by atoms with E-state index in [1.54, 1.807) is 4.90 Å². The van der Waals surface area contributed by atoms with Crippen molar-refractivity contribution in [3.8, 4) is 10.4 Å². The molecule has 0 unspecified atom stereocenters. The van der Waals surface area contributed by atoms with Gasteiger partial charge in [0.15, 0.2) is 0 Å². The summed E-state index contributed by atoms with van der Waals surface area (Å²) in [4.78, 5) is 39.9. The Balaban J connectivity index is 1.72. The van der Waals surface area contributed by atoms with Gasteiger partial charge < -0.3 is 10.0 Å². The predicted octanol–water partition coefficient (Wildman–Crippen LogP) is 6.35. The van der Waals surface area contributed by atoms with E-state index in [4.69, 9.17) is 0 Å². The number of benzene rings is 1. The predicted molar refractivity (Wildman–Crippen MR) is 127 cm³/mol. The van der Waals surface area contributed by atoms with Gasteiger partial charge in [-0.3, -0.25) is 4.79 Å². The highest BCUT2D eigenvalue weighted by Crippen LogP contribution is 2.41. The number of carbonyl (C=O) groups is 2. The maximum Gasteiger partial charge on any atom is 0.348 e. The van der Waals surface area contributed by atoms with Crippen molar-refractivity contribution in [3.63, 3.8) is 0 Å². The third-order valence-corrected chi connectivity index (χ3v) is 8.17. The van der Waals surface area contributed by atoms with Crippen LogP contribution in [0.3, 0.4) is 0 Å². The first kappa shape index (κ1) is 22.6. The highest BCUT2D eigenvalue weighted by Gasteiger charge is 2.37. The van der Waals surface area contributed by atoms with Crippen molar-refractivity contribution >= 4 is 28.9 Å². The molecule has 0 saturated heterocycles. The van der Waals surface area contributed by atoms with Crippen LogP contribution in [-0.2, 0) is 4.79 Å². The summed E-state index contributed by atoms with van der Waals surface area (Å²) >= 11 is 1.22. The molecule has 32 heavy (non-hydrogen) atoms. The van der Waals surface area contributed by atoms with E-state index >= 15 is 0 Å². The molecule has 2 aliphatic carbocycles. The molecule has 1 amide bonds. The summed E-state index contributed by atoms with van der Waals surface area (Å²) in [6, 6.07) is 11.3. The molecule has 2 aromatic rings. The van der Waals surface area contributed by atoms with Crippen LogP contribution in [-0.4, -0.2) is 29.1 Å². The normalized spacial score (nSPS) is 25.8. The first-order valence-corrected chi connectivity index (χ1v) is 12.4. The molecule has 0 bridgehead atoms. The number of hydrogen-bond donors (Lipinski definition) is 1. The summed E-state index contributed by atoms with van der Waals surface area (Å²) in [6.45, 7) is 2.22. The molecule has 1 aromatic heterocycles. The van der Waals surface area contributed by atoms with Gasteiger partial charge in [0.05, 0.1) is 11.7 Å². The Morgan fingerprint density at radius 2 is 1.66 bits per heavy atom. The molecule has 2 aliphatic rings. The van der Waals surface area contributed by atoms with Crippen molar-refractivity contribution in [2.75, 3.05) is 4.90 Å². The number of nitroso groups, excluding NO2 is 1. The number of carboxylic acid groups (broad SMARTS) is 1. The van der Waals surface area contributed by atoms with Gasteiger partial charge in [-0.25, -0.2) is 4.79 Å². The number of nitrogens with zero attached hydrogens (tertiary/aromatic N) is 2. The Morgan fingerprint density at radius 1 is 1.00 bits per heavy atom. The van der Waals surface area contributed by atoms with Crippen LogP contribution in [0.25, 0.3) is 10.4 Å². The van der Waals surface area contributed by atoms with Crippen LogP contribution in [0.1, 0.15) is 68.0 Å². The minimum absolute atomic E-state index is 0.0410. The SMILES string of the molecule is CC1CCC(C(=O)N(c2cc(-c3ccccc3)sc2C(=O)O)C2CCC(N=O)CC2)CC1. The van der Waals surface area contributed by atoms with E-state index in [1.165, 1.54) is 11.3 Å². The number of carboxylic acids is 1. The lowest BCUT2D eigenvalue weighted by molar-refractivity contribution is -0.124. The molecule has 170 valence electrons. The van der Waals surface area contributed by atoms with Gasteiger partial charge in [0.25, 0.3) is 0 Å². The molecule has 1 heterocycles. The zero-order valence-corrected chi connectivity index (χ0v) is 19.2. The zero-order valence-electron chi connectivity index (χ0n) is 18.4. The van der Waals surface area contributed by atoms with Gasteiger partial charge in [-0.05, 0) is 68.9 Å². The summed E-state index contributed by atoms with van der Waals surface area (Å²) < 4.78 is 0. The molecule has 1 N–H and O–H groups in total. The van der Waals surface area contributed by atoms with Crippen molar-refractivity contribution in [1.29, 1.82) is 0 Å². The second-order valence-corrected chi connectivity index (χ2v) is 10.3. The number of amides is 1. The van der Waals surface area contributed by atoms with E-state index in [1.807, 2.05) is 36.4 Å². The average Bonchev–Trinajstić information content (AvgIpc) is 3.26. The van der Waals surface area contributed by atoms with Crippen LogP contribution < -0.4 is 4.90 Å². The smallest absolute Gasteiger partial charge is 0.348 e. The van der Waals surface area contributed by atoms with Gasteiger partial charge in [-0.15, -0.1) is 11.3 Å². The molecular formula is C25H30N2O4S. The molecule has 1 aromatic carbocycles. The van der Waals surface area contributed by atoms with E-state index in [2.05, 4.69) is 12.1 Å². The van der Waals surface area contributed by atoms with Gasteiger partial charge in [0, 0.05) is 16.8 Å². The Labute approximate surface area is 192 Å². The summed E-state index contributed by atoms with van der Waals surface area (Å²) in [5, 5.41) is 13.2. The van der Waals surface area contributed by atoms with Crippen molar-refractivity contribution in [2.24, 2.45) is 17.0 Å². The Bertz CT molecular complexity index is 958. The number of hydrogen-bond acceptors (Lipinski definition) is 5. The molecule has 0 aliphatic heterocycles. The number of aromatic carboxylic acids is 1. The maximum atomic E-state index is 13.8. The first-order chi connectivity index (χ1) is 15.5. The Kier molecular flexibility index (Phi) is 7.04. The van der Waals surface area contributed by atoms with Gasteiger partial charge in [-0.2, -0.15) is 4.91 Å². The molecule has 2 fully saturated rings. The second kappa shape index (κ2) is 9.94. The number of rotatable bonds is 6. The molecule has 0 spiro atoms. The summed E-state index contributed by atoms with van der Waals surface area (Å²) in [7, 11) is 0. The van der Waals surface area contributed by atoms with E-state index in [0.29, 0.717) is 37.3 Å². The van der Waals surface area contributed by atoms with Crippen LogP contribution in [0.4, 0.5) is 5.69 Å². The van der Waals surface area contributed by atoms with Gasteiger partial charge in [0.1, 0.15) is 4.88 Å². The molecular weight excluding hydrogens is 424 g/mol. The molecule has 2 saturated carbocycles. The maximum absolute atomic E-state index is 13.8. The van der Waals surface area contributed by atoms with Crippen LogP contribution >= 0.6 is 11.3 Å². The second-order valence-electron chi connectivity index (χ2n) is 9.23. The highest BCUT2D eigenvalue weighted by molar-refractivity contribution is 7.18. The molecule has 7 heteroatoms. The van der Waals surface area contributed by atoms with Crippen molar-refractivity contribution in [3.05, 3.63) is 46.2 Å². The Hall–Kier alpha value is -2.54. The van der Waals surface area contributed by atoms with Crippen molar-refractivity contribution in [1.82, 2.24) is 0 Å². The quantitative estimate of drug-likeness (QED) is 0.515. The molecule has 6 nitrogen and oxygen atoms in total. The topological polar surface area (TPSA) is 87.0 Å². The highest BCUT2D eigenvalue weighted by atomic mass is 32.1. The van der Waals surface area contributed by atoms with Crippen LogP contribution in [0.15, 0.2) is 41.6 Å². The molecule has 4 rings (SSSR count). The number of carbonyl (C=O) groups excluding carboxylic acids is 1. The van der Waals surface area contributed by atoms with E-state index in [-0.39, 0.29) is 28.8 Å². The molecule has 0 atom stereocenters. The zero-order chi connectivity index (χ0) is 22.7. The first-order valence-electron chi connectivity index (χ1n) is 11.6. The number of thiophene rings is 1. The minimum atomic E-state index is -1.01. The van der Waals surface area contributed by atoms with Gasteiger partial charge in [-0.1, -0.05) is 42.4 Å². The Morgan fingerprint density at radius 3 is 2.25 bits per heavy atom. The average molecular weight is 455 g/mol. The molecule has 0 radical (unpaired) electrons. The fourth-order valence-corrected chi connectivity index (χ4v) is 6.07. The standard InChI is InChI=1S/C25H30N2O4S/c1-16-7-9-18(10-8-16)24(28)27(20-13-11-19(26-31)12-14-20)21-15-22(32-23(21)25(29)30)17-5-3-2-4-6-17/h2-6,15-16,18-20H,7-14H2,1H3,(H,29,30). The minimum Gasteiger partial charge on any atom is -0.477 e. The van der Waals surface area contributed by atoms with Gasteiger partial charge in [0.2, 0.25) is 5.91 Å². The van der Waals surface area contributed by atoms with Crippen LogP contribution in [0.5, 0.6) is 0 Å². The monoisotopic (exact) mass is 454 g/mol. The fourth-order valence-electron chi connectivity index (χ4n) is 5.08. The number of anilines is 1. The van der Waals surface area contributed by atoms with Crippen molar-refractivity contribution < 1.29 is 14.7 Å². The van der Waals surface area contributed by atoms with Gasteiger partial charge >= 0.3 is 5.97 Å². The third kappa shape index (κ3) is 4.77. The van der Waals surface area contributed by atoms with Crippen LogP contribution in [0.2, 0.25) is 0 Å². The summed E-state index contributed by atoms with van der Waals surface area (Å²) in [5.41, 5.74) is 1.45. The lowest BCUT2D eigenvalue weighted by Gasteiger charge is -2.38. The third-order valence-electron chi connectivity index (χ3n) is 7.01. The van der Waals surface area contributed by atoms with E-state index in [0.717, 1.165) is 36.1 Å².